The van der Waals surface area contributed by atoms with Gasteiger partial charge < -0.3 is 21.2 Å². The second-order valence-electron chi connectivity index (χ2n) is 6.28. The van der Waals surface area contributed by atoms with E-state index in [1.165, 1.54) is 5.56 Å². The number of rotatable bonds is 4. The number of anilines is 1. The Kier molecular flexibility index (Phi) is 5.06. The minimum absolute atomic E-state index is 0.0979. The molecule has 1 aliphatic carbocycles. The van der Waals surface area contributed by atoms with Gasteiger partial charge in [0, 0.05) is 23.2 Å². The fraction of sp³-hybridized carbons (Fsp3) is 0.316. The van der Waals surface area contributed by atoms with Crippen LogP contribution in [-0.2, 0) is 12.8 Å². The van der Waals surface area contributed by atoms with Crippen LogP contribution in [0.5, 0.6) is 0 Å². The molecule has 1 aromatic carbocycles. The lowest BCUT2D eigenvalue weighted by Crippen LogP contribution is -2.22. The molecule has 7 heteroatoms. The number of carbonyl (C=O) groups excluding carboxylic acids is 1. The highest BCUT2D eigenvalue weighted by molar-refractivity contribution is 6.09. The third-order valence-corrected chi connectivity index (χ3v) is 4.44. The molecule has 0 unspecified atom stereocenters. The van der Waals surface area contributed by atoms with E-state index in [1.54, 1.807) is 0 Å². The number of guanidine groups is 1. The quantitative estimate of drug-likeness (QED) is 0.445. The lowest BCUT2D eigenvalue weighted by atomic mass is 9.93. The molecule has 0 atom stereocenters. The maximum atomic E-state index is 12.7. The van der Waals surface area contributed by atoms with E-state index in [-0.39, 0.29) is 11.9 Å². The van der Waals surface area contributed by atoms with Gasteiger partial charge in [-0.1, -0.05) is 19.1 Å². The fourth-order valence-electron chi connectivity index (χ4n) is 3.11. The van der Waals surface area contributed by atoms with E-state index < -0.39 is 0 Å². The summed E-state index contributed by atoms with van der Waals surface area (Å²) in [4.78, 5) is 12.7. The van der Waals surface area contributed by atoms with E-state index >= 15 is 0 Å². The van der Waals surface area contributed by atoms with E-state index in [2.05, 4.69) is 22.4 Å². The van der Waals surface area contributed by atoms with E-state index in [4.69, 9.17) is 15.9 Å². The number of nitrogens with zero attached hydrogens (tertiary/aromatic N) is 2. The van der Waals surface area contributed by atoms with Gasteiger partial charge in [-0.2, -0.15) is 5.10 Å². The summed E-state index contributed by atoms with van der Waals surface area (Å²) in [6.07, 6.45) is 3.33. The number of nitrogens with one attached hydrogen (secondary N) is 1. The lowest BCUT2D eigenvalue weighted by Gasteiger charge is -2.11. The first-order chi connectivity index (χ1) is 12.5. The van der Waals surface area contributed by atoms with Crippen LogP contribution in [0.25, 0.3) is 0 Å². The van der Waals surface area contributed by atoms with Gasteiger partial charge in [0.15, 0.2) is 5.76 Å². The molecule has 136 valence electrons. The maximum Gasteiger partial charge on any atom is 0.291 e. The normalized spacial score (nSPS) is 14.8. The lowest BCUT2D eigenvalue weighted by molar-refractivity contribution is 0.0994. The minimum atomic E-state index is -0.276. The Morgan fingerprint density at radius 2 is 1.96 bits per heavy atom. The Hall–Kier alpha value is -3.09. The van der Waals surface area contributed by atoms with Crippen LogP contribution >= 0.6 is 0 Å². The third kappa shape index (κ3) is 3.61. The molecule has 1 amide bonds. The smallest absolute Gasteiger partial charge is 0.291 e. The molecule has 1 aromatic heterocycles. The molecule has 1 aliphatic rings. The summed E-state index contributed by atoms with van der Waals surface area (Å²) < 4.78 is 5.85. The largest absolute Gasteiger partial charge is 0.455 e. The molecule has 7 nitrogen and oxygen atoms in total. The number of fused-ring (bicyclic) bond motifs is 1. The van der Waals surface area contributed by atoms with Crippen LogP contribution in [0.3, 0.4) is 0 Å². The van der Waals surface area contributed by atoms with Crippen molar-refractivity contribution >= 4 is 23.3 Å². The van der Waals surface area contributed by atoms with E-state index in [1.807, 2.05) is 31.2 Å². The average Bonchev–Trinajstić information content (AvgIpc) is 2.98. The highest BCUT2D eigenvalue weighted by Gasteiger charge is 2.28. The van der Waals surface area contributed by atoms with Crippen LogP contribution in [0.2, 0.25) is 0 Å². The summed E-state index contributed by atoms with van der Waals surface area (Å²) in [5.74, 6) is 0.681. The van der Waals surface area contributed by atoms with Crippen LogP contribution in [0.4, 0.5) is 5.69 Å². The molecular formula is C19H23N5O2. The molecule has 0 fully saturated rings. The Morgan fingerprint density at radius 1 is 1.23 bits per heavy atom. The second-order valence-corrected chi connectivity index (χ2v) is 6.28. The van der Waals surface area contributed by atoms with Crippen molar-refractivity contribution in [3.8, 4) is 0 Å². The standard InChI is InChI=1S/C19H23N5O2/c1-3-12-7-9-13(10-8-12)22-18(25)17-11(2)16-14(23-24-19(20)21)5-4-6-15(16)26-17/h7-10H,3-6H2,1-2H3,(H,22,25)(H4,20,21,24)/b23-14+. The zero-order valence-electron chi connectivity index (χ0n) is 15.0. The second kappa shape index (κ2) is 7.43. The van der Waals surface area contributed by atoms with Gasteiger partial charge in [-0.3, -0.25) is 4.79 Å². The van der Waals surface area contributed by atoms with Crippen molar-refractivity contribution in [3.63, 3.8) is 0 Å². The van der Waals surface area contributed by atoms with Crippen molar-refractivity contribution < 1.29 is 9.21 Å². The van der Waals surface area contributed by atoms with Crippen molar-refractivity contribution in [2.75, 3.05) is 5.32 Å². The molecule has 1 heterocycles. The Balaban J connectivity index is 1.88. The molecule has 0 spiro atoms. The minimum Gasteiger partial charge on any atom is -0.455 e. The summed E-state index contributed by atoms with van der Waals surface area (Å²) >= 11 is 0. The Labute approximate surface area is 152 Å². The maximum absolute atomic E-state index is 12.7. The zero-order valence-corrected chi connectivity index (χ0v) is 15.0. The first kappa shape index (κ1) is 17.7. The number of benzene rings is 1. The van der Waals surface area contributed by atoms with Gasteiger partial charge in [0.25, 0.3) is 5.91 Å². The van der Waals surface area contributed by atoms with Gasteiger partial charge in [0.1, 0.15) is 5.76 Å². The monoisotopic (exact) mass is 353 g/mol. The van der Waals surface area contributed by atoms with E-state index in [0.717, 1.165) is 54.0 Å². The van der Waals surface area contributed by atoms with Crippen LogP contribution < -0.4 is 16.8 Å². The van der Waals surface area contributed by atoms with Gasteiger partial charge in [-0.25, -0.2) is 0 Å². The SMILES string of the molecule is CCc1ccc(NC(=O)c2oc3c(c2C)/C(=N/N=C(N)N)CCC3)cc1. The van der Waals surface area contributed by atoms with Gasteiger partial charge in [0.05, 0.1) is 5.71 Å². The van der Waals surface area contributed by atoms with Gasteiger partial charge in [0.2, 0.25) is 5.96 Å². The topological polar surface area (TPSA) is 119 Å². The van der Waals surface area contributed by atoms with Crippen molar-refractivity contribution in [3.05, 3.63) is 52.5 Å². The number of aryl methyl sites for hydroxylation is 2. The van der Waals surface area contributed by atoms with Crippen LogP contribution in [0.15, 0.2) is 38.9 Å². The summed E-state index contributed by atoms with van der Waals surface area (Å²) in [7, 11) is 0. The summed E-state index contributed by atoms with van der Waals surface area (Å²) in [5, 5.41) is 10.8. The predicted molar refractivity (Wildman–Crippen MR) is 103 cm³/mol. The highest BCUT2D eigenvalue weighted by Crippen LogP contribution is 2.30. The molecule has 5 N–H and O–H groups in total. The van der Waals surface area contributed by atoms with Crippen LogP contribution in [0, 0.1) is 6.92 Å². The van der Waals surface area contributed by atoms with E-state index in [9.17, 15) is 4.79 Å². The molecule has 0 saturated heterocycles. The first-order valence-electron chi connectivity index (χ1n) is 8.68. The van der Waals surface area contributed by atoms with Crippen molar-refractivity contribution in [2.45, 2.75) is 39.5 Å². The molecule has 0 bridgehead atoms. The molecule has 2 aromatic rings. The fourth-order valence-corrected chi connectivity index (χ4v) is 3.11. The predicted octanol–water partition coefficient (Wildman–Crippen LogP) is 2.72. The molecule has 0 saturated carbocycles. The first-order valence-corrected chi connectivity index (χ1v) is 8.68. The van der Waals surface area contributed by atoms with Crippen molar-refractivity contribution in [1.29, 1.82) is 0 Å². The van der Waals surface area contributed by atoms with Crippen LogP contribution in [0.1, 0.15) is 52.8 Å². The van der Waals surface area contributed by atoms with Gasteiger partial charge in [-0.05, 0) is 43.9 Å². The number of hydrogen-bond donors (Lipinski definition) is 3. The van der Waals surface area contributed by atoms with Gasteiger partial charge in [-0.15, -0.1) is 5.10 Å². The number of amides is 1. The number of carbonyl (C=O) groups is 1. The van der Waals surface area contributed by atoms with Crippen molar-refractivity contribution in [2.24, 2.45) is 21.7 Å². The third-order valence-electron chi connectivity index (χ3n) is 4.44. The molecule has 3 rings (SSSR count). The molecule has 26 heavy (non-hydrogen) atoms. The summed E-state index contributed by atoms with van der Waals surface area (Å²) in [6, 6.07) is 7.77. The molecule has 0 radical (unpaired) electrons. The molecule has 0 aliphatic heterocycles. The number of furan rings is 1. The van der Waals surface area contributed by atoms with E-state index in [0.29, 0.717) is 5.76 Å². The Morgan fingerprint density at radius 3 is 2.62 bits per heavy atom. The van der Waals surface area contributed by atoms with Gasteiger partial charge >= 0.3 is 0 Å². The number of hydrogen-bond acceptors (Lipinski definition) is 4. The number of nitrogens with two attached hydrogens (primary N) is 2. The zero-order chi connectivity index (χ0) is 18.7. The Bertz CT molecular complexity index is 874. The summed E-state index contributed by atoms with van der Waals surface area (Å²) in [6.45, 7) is 3.94. The van der Waals surface area contributed by atoms with Crippen molar-refractivity contribution in [1.82, 2.24) is 0 Å². The van der Waals surface area contributed by atoms with Crippen LogP contribution in [-0.4, -0.2) is 17.6 Å². The molecular weight excluding hydrogens is 330 g/mol. The summed E-state index contributed by atoms with van der Waals surface area (Å²) in [5.41, 5.74) is 15.0. The highest BCUT2D eigenvalue weighted by atomic mass is 16.4. The average molecular weight is 353 g/mol.